The fraction of sp³-hybridized carbons (Fsp3) is 1.00. The quantitative estimate of drug-likeness (QED) is 0.325. The lowest BCUT2D eigenvalue weighted by Crippen LogP contribution is -2.40. The molecule has 2 N–H and O–H groups in total. The fourth-order valence-electron chi connectivity index (χ4n) is 0.382. The predicted molar refractivity (Wildman–Crippen MR) is 46.2 cm³/mol. The molecule has 0 saturated heterocycles. The van der Waals surface area contributed by atoms with E-state index in [-0.39, 0.29) is 6.23 Å². The van der Waals surface area contributed by atoms with Gasteiger partial charge in [0.25, 0.3) is 0 Å². The third-order valence-electron chi connectivity index (χ3n) is 0.795. The van der Waals surface area contributed by atoms with Crippen LogP contribution < -0.4 is 10.9 Å². The minimum atomic E-state index is 0.0989. The number of halogens is 1. The Hall–Kier alpha value is 0.610. The molecule has 0 bridgehead atoms. The van der Waals surface area contributed by atoms with E-state index in [4.69, 9.17) is 4.74 Å². The first-order valence-electron chi connectivity index (χ1n) is 2.97. The fourth-order valence-corrected chi connectivity index (χ4v) is 0.921. The minimum absolute atomic E-state index is 0.0989. The Morgan fingerprint density at radius 3 is 2.78 bits per heavy atom. The second-order valence-corrected chi connectivity index (χ2v) is 2.22. The van der Waals surface area contributed by atoms with Crippen LogP contribution in [-0.4, -0.2) is 17.4 Å². The molecule has 56 valence electrons. The maximum absolute atomic E-state index is 5.16. The molecule has 3 nitrogen and oxygen atoms in total. The topological polar surface area (TPSA) is 33.3 Å². The van der Waals surface area contributed by atoms with Crippen molar-refractivity contribution in [2.75, 3.05) is 11.2 Å². The number of hydrogen-bond donors (Lipinski definition) is 2. The molecular formula is C5H13IN2O. The Kier molecular flexibility index (Phi) is 7.18. The van der Waals surface area contributed by atoms with Crippen molar-refractivity contribution in [1.29, 1.82) is 0 Å². The zero-order valence-corrected chi connectivity index (χ0v) is 7.94. The summed E-state index contributed by atoms with van der Waals surface area (Å²) >= 11 is 2.16. The molecule has 1 atom stereocenters. The van der Waals surface area contributed by atoms with Gasteiger partial charge < -0.3 is 4.74 Å². The van der Waals surface area contributed by atoms with E-state index in [0.29, 0.717) is 0 Å². The average Bonchev–Trinajstić information content (AvgIpc) is 1.85. The van der Waals surface area contributed by atoms with Gasteiger partial charge >= 0.3 is 0 Å². The molecule has 4 heteroatoms. The number of nitrogens with one attached hydrogen (secondary N) is 2. The zero-order chi connectivity index (χ0) is 7.11. The minimum Gasteiger partial charge on any atom is -0.352 e. The van der Waals surface area contributed by atoms with E-state index < -0.39 is 0 Å². The van der Waals surface area contributed by atoms with Crippen molar-refractivity contribution < 1.29 is 4.74 Å². The molecule has 0 radical (unpaired) electrons. The molecule has 0 rings (SSSR count). The van der Waals surface area contributed by atoms with Crippen molar-refractivity contribution in [3.63, 3.8) is 0 Å². The van der Waals surface area contributed by atoms with Crippen molar-refractivity contribution in [2.24, 2.45) is 0 Å². The number of hydrazine groups is 1. The molecule has 9 heavy (non-hydrogen) atoms. The SMILES string of the molecule is CCNNC(C)OCI. The maximum atomic E-state index is 5.16. The normalized spacial score (nSPS) is 13.7. The molecule has 0 aromatic rings. The lowest BCUT2D eigenvalue weighted by molar-refractivity contribution is 0.0712. The third kappa shape index (κ3) is 6.50. The van der Waals surface area contributed by atoms with E-state index >= 15 is 0 Å². The summed E-state index contributed by atoms with van der Waals surface area (Å²) in [6.45, 7) is 4.90. The molecule has 0 aliphatic rings. The Labute approximate surface area is 69.6 Å². The summed E-state index contributed by atoms with van der Waals surface area (Å²) in [7, 11) is 0. The molecule has 0 amide bonds. The van der Waals surface area contributed by atoms with Gasteiger partial charge in [-0.25, -0.2) is 5.43 Å². The van der Waals surface area contributed by atoms with Gasteiger partial charge in [0, 0.05) is 6.54 Å². The second kappa shape index (κ2) is 6.73. The van der Waals surface area contributed by atoms with Gasteiger partial charge in [0.05, 0.1) is 0 Å². The highest BCUT2D eigenvalue weighted by atomic mass is 127. The molecule has 0 aromatic carbocycles. The van der Waals surface area contributed by atoms with E-state index in [0.717, 1.165) is 11.2 Å². The summed E-state index contributed by atoms with van der Waals surface area (Å²) in [5, 5.41) is 0. The van der Waals surface area contributed by atoms with Gasteiger partial charge in [-0.3, -0.25) is 5.43 Å². The standard InChI is InChI=1S/C5H13IN2O/c1-3-7-8-5(2)9-4-6/h5,7-8H,3-4H2,1-2H3. The highest BCUT2D eigenvalue weighted by Gasteiger charge is 1.94. The van der Waals surface area contributed by atoms with Crippen LogP contribution in [0.4, 0.5) is 0 Å². The second-order valence-electron chi connectivity index (χ2n) is 1.59. The number of rotatable bonds is 5. The highest BCUT2D eigenvalue weighted by Crippen LogP contribution is 1.87. The number of ether oxygens (including phenoxy) is 1. The van der Waals surface area contributed by atoms with Crippen LogP contribution in [0.15, 0.2) is 0 Å². The summed E-state index contributed by atoms with van der Waals surface area (Å²) in [5.41, 5.74) is 5.91. The van der Waals surface area contributed by atoms with Gasteiger partial charge in [0.2, 0.25) is 0 Å². The van der Waals surface area contributed by atoms with E-state index in [1.807, 2.05) is 13.8 Å². The van der Waals surface area contributed by atoms with Gasteiger partial charge in [-0.05, 0) is 6.92 Å². The Morgan fingerprint density at radius 2 is 2.33 bits per heavy atom. The molecule has 1 unspecified atom stereocenters. The van der Waals surface area contributed by atoms with Crippen LogP contribution in [0, 0.1) is 0 Å². The first kappa shape index (κ1) is 9.61. The molecule has 0 fully saturated rings. The van der Waals surface area contributed by atoms with Crippen molar-refractivity contribution in [2.45, 2.75) is 20.1 Å². The van der Waals surface area contributed by atoms with Crippen LogP contribution in [0.3, 0.4) is 0 Å². The summed E-state index contributed by atoms with van der Waals surface area (Å²) in [6.07, 6.45) is 0.0989. The Morgan fingerprint density at radius 1 is 1.67 bits per heavy atom. The zero-order valence-electron chi connectivity index (χ0n) is 5.78. The summed E-state index contributed by atoms with van der Waals surface area (Å²) in [5.74, 6) is 0. The van der Waals surface area contributed by atoms with Gasteiger partial charge in [-0.1, -0.05) is 29.5 Å². The van der Waals surface area contributed by atoms with Crippen LogP contribution >= 0.6 is 22.6 Å². The molecule has 0 aliphatic heterocycles. The largest absolute Gasteiger partial charge is 0.352 e. The first-order valence-corrected chi connectivity index (χ1v) is 4.49. The van der Waals surface area contributed by atoms with Gasteiger partial charge in [0.1, 0.15) is 10.8 Å². The smallest absolute Gasteiger partial charge is 0.118 e. The predicted octanol–water partition coefficient (Wildman–Crippen LogP) is 0.856. The van der Waals surface area contributed by atoms with E-state index in [9.17, 15) is 0 Å². The molecule has 0 saturated carbocycles. The van der Waals surface area contributed by atoms with E-state index in [2.05, 4.69) is 33.4 Å². The summed E-state index contributed by atoms with van der Waals surface area (Å²) < 4.78 is 5.88. The molecular weight excluding hydrogens is 231 g/mol. The number of hydrogen-bond acceptors (Lipinski definition) is 3. The van der Waals surface area contributed by atoms with E-state index in [1.54, 1.807) is 0 Å². The van der Waals surface area contributed by atoms with Crippen LogP contribution in [0.25, 0.3) is 0 Å². The Bertz CT molecular complexity index is 62.9. The third-order valence-corrected chi connectivity index (χ3v) is 1.15. The molecule has 0 aliphatic carbocycles. The summed E-state index contributed by atoms with van der Waals surface area (Å²) in [4.78, 5) is 0. The van der Waals surface area contributed by atoms with Crippen molar-refractivity contribution in [1.82, 2.24) is 10.9 Å². The Balaban J connectivity index is 2.95. The lowest BCUT2D eigenvalue weighted by Gasteiger charge is -2.12. The summed E-state index contributed by atoms with van der Waals surface area (Å²) in [6, 6.07) is 0. The van der Waals surface area contributed by atoms with Crippen LogP contribution in [0.2, 0.25) is 0 Å². The maximum Gasteiger partial charge on any atom is 0.118 e. The van der Waals surface area contributed by atoms with Crippen molar-refractivity contribution >= 4 is 22.6 Å². The monoisotopic (exact) mass is 244 g/mol. The van der Waals surface area contributed by atoms with Gasteiger partial charge in [-0.15, -0.1) is 0 Å². The molecule has 0 aromatic heterocycles. The van der Waals surface area contributed by atoms with Crippen LogP contribution in [0.1, 0.15) is 13.8 Å². The highest BCUT2D eigenvalue weighted by molar-refractivity contribution is 14.1. The van der Waals surface area contributed by atoms with Gasteiger partial charge in [-0.2, -0.15) is 0 Å². The molecule has 0 heterocycles. The lowest BCUT2D eigenvalue weighted by atomic mass is 10.7. The van der Waals surface area contributed by atoms with Crippen molar-refractivity contribution in [3.8, 4) is 0 Å². The van der Waals surface area contributed by atoms with Crippen LogP contribution in [0.5, 0.6) is 0 Å². The van der Waals surface area contributed by atoms with Crippen molar-refractivity contribution in [3.05, 3.63) is 0 Å². The number of alkyl halides is 1. The van der Waals surface area contributed by atoms with E-state index in [1.165, 1.54) is 0 Å². The van der Waals surface area contributed by atoms with Gasteiger partial charge in [0.15, 0.2) is 0 Å². The molecule has 0 spiro atoms. The average molecular weight is 244 g/mol. The van der Waals surface area contributed by atoms with Crippen LogP contribution in [-0.2, 0) is 4.74 Å². The first-order chi connectivity index (χ1) is 4.31.